The predicted molar refractivity (Wildman–Crippen MR) is 173 cm³/mol. The summed E-state index contributed by atoms with van der Waals surface area (Å²) >= 11 is 0. The van der Waals surface area contributed by atoms with Crippen LogP contribution in [0.5, 0.6) is 34.5 Å². The smallest absolute Gasteiger partial charge is 0.457 e. The van der Waals surface area contributed by atoms with Crippen LogP contribution < -0.4 is 38.2 Å². The maximum absolute atomic E-state index is 15.2. The molecule has 0 unspecified atom stereocenters. The van der Waals surface area contributed by atoms with E-state index in [4.69, 9.17) is 27.6 Å². The lowest BCUT2D eigenvalue weighted by Crippen LogP contribution is -2.25. The van der Waals surface area contributed by atoms with Gasteiger partial charge in [0, 0.05) is 5.39 Å². The van der Waals surface area contributed by atoms with Gasteiger partial charge in [0.2, 0.25) is 6.79 Å². The van der Waals surface area contributed by atoms with Crippen LogP contribution in [-0.4, -0.2) is 6.79 Å². The molecular formula is C35H26O8P2. The van der Waals surface area contributed by atoms with Gasteiger partial charge < -0.3 is 27.6 Å². The fraction of sp³-hybridized carbons (Fsp3) is 0.0286. The minimum atomic E-state index is -4.29. The molecule has 0 bridgehead atoms. The van der Waals surface area contributed by atoms with Crippen molar-refractivity contribution in [1.29, 1.82) is 0 Å². The van der Waals surface area contributed by atoms with Gasteiger partial charge in [-0.05, 0) is 72.8 Å². The highest BCUT2D eigenvalue weighted by Gasteiger charge is 2.42. The lowest BCUT2D eigenvalue weighted by Gasteiger charge is -2.27. The van der Waals surface area contributed by atoms with Crippen LogP contribution >= 0.6 is 15.2 Å². The van der Waals surface area contributed by atoms with Gasteiger partial charge in [0.25, 0.3) is 0 Å². The third kappa shape index (κ3) is 5.86. The average Bonchev–Trinajstić information content (AvgIpc) is 3.07. The Hall–Kier alpha value is -5.16. The van der Waals surface area contributed by atoms with Crippen molar-refractivity contribution < 1.29 is 36.7 Å². The molecule has 0 amide bonds. The Bertz CT molecular complexity index is 1800. The second-order valence-electron chi connectivity index (χ2n) is 9.93. The average molecular weight is 637 g/mol. The van der Waals surface area contributed by atoms with Gasteiger partial charge >= 0.3 is 15.2 Å². The van der Waals surface area contributed by atoms with Crippen LogP contribution in [0.2, 0.25) is 0 Å². The zero-order valence-electron chi connectivity index (χ0n) is 23.7. The monoisotopic (exact) mass is 636 g/mol. The maximum Gasteiger partial charge on any atom is 0.463 e. The molecule has 8 nitrogen and oxygen atoms in total. The third-order valence-corrected chi connectivity index (χ3v) is 10.7. The highest BCUT2D eigenvalue weighted by molar-refractivity contribution is 7.65. The van der Waals surface area contributed by atoms with Crippen molar-refractivity contribution in [3.05, 3.63) is 146 Å². The van der Waals surface area contributed by atoms with Crippen molar-refractivity contribution in [1.82, 2.24) is 0 Å². The number of benzene rings is 6. The van der Waals surface area contributed by atoms with Crippen LogP contribution in [0.3, 0.4) is 0 Å². The predicted octanol–water partition coefficient (Wildman–Crippen LogP) is 8.52. The second-order valence-corrected chi connectivity index (χ2v) is 13.6. The number of rotatable bonds is 10. The SMILES string of the molecule is O=P(Oc1ccccc1)(Oc1ccccc1)c1ccc2c3c(ccc(P(=O)(Oc4ccccc4)Oc4ccccc4)c13)OCO2. The molecule has 10 heteroatoms. The van der Waals surface area contributed by atoms with Crippen molar-refractivity contribution in [3.8, 4) is 34.5 Å². The quantitative estimate of drug-likeness (QED) is 0.138. The van der Waals surface area contributed by atoms with Crippen molar-refractivity contribution in [2.24, 2.45) is 0 Å². The number of para-hydroxylation sites is 4. The first-order chi connectivity index (χ1) is 22.0. The summed E-state index contributed by atoms with van der Waals surface area (Å²) in [5.41, 5.74) is 0. The van der Waals surface area contributed by atoms with E-state index in [2.05, 4.69) is 0 Å². The van der Waals surface area contributed by atoms with E-state index in [1.165, 1.54) is 0 Å². The highest BCUT2D eigenvalue weighted by atomic mass is 31.2. The molecule has 0 radical (unpaired) electrons. The fourth-order valence-electron chi connectivity index (χ4n) is 4.97. The number of hydrogen-bond donors (Lipinski definition) is 0. The van der Waals surface area contributed by atoms with Gasteiger partial charge in [-0.15, -0.1) is 0 Å². The van der Waals surface area contributed by atoms with Gasteiger partial charge in [-0.1, -0.05) is 72.8 Å². The van der Waals surface area contributed by atoms with Crippen LogP contribution in [0.1, 0.15) is 0 Å². The highest BCUT2D eigenvalue weighted by Crippen LogP contribution is 2.55. The van der Waals surface area contributed by atoms with E-state index in [1.54, 1.807) is 121 Å². The van der Waals surface area contributed by atoms with Crippen molar-refractivity contribution >= 4 is 36.6 Å². The topological polar surface area (TPSA) is 89.5 Å². The molecule has 6 aromatic carbocycles. The summed E-state index contributed by atoms with van der Waals surface area (Å²) in [6.45, 7) is -0.0296. The third-order valence-electron chi connectivity index (χ3n) is 6.93. The minimum absolute atomic E-state index is 0.0296. The molecule has 0 N–H and O–H groups in total. The van der Waals surface area contributed by atoms with Gasteiger partial charge in [-0.25, -0.2) is 9.13 Å². The summed E-state index contributed by atoms with van der Waals surface area (Å²) in [4.78, 5) is 0. The Kier molecular flexibility index (Phi) is 7.68. The van der Waals surface area contributed by atoms with Gasteiger partial charge in [0.1, 0.15) is 34.5 Å². The van der Waals surface area contributed by atoms with Crippen LogP contribution in [0.15, 0.2) is 146 Å². The summed E-state index contributed by atoms with van der Waals surface area (Å²) in [6.07, 6.45) is 0. The first kappa shape index (κ1) is 28.6. The first-order valence-corrected chi connectivity index (χ1v) is 17.1. The van der Waals surface area contributed by atoms with Gasteiger partial charge in [-0.3, -0.25) is 0 Å². The van der Waals surface area contributed by atoms with E-state index < -0.39 is 15.2 Å². The number of ether oxygens (including phenoxy) is 2. The van der Waals surface area contributed by atoms with E-state index in [9.17, 15) is 0 Å². The second kappa shape index (κ2) is 12.1. The molecule has 45 heavy (non-hydrogen) atoms. The summed E-state index contributed by atoms with van der Waals surface area (Å²) in [6, 6.07) is 41.4. The fourth-order valence-corrected chi connectivity index (χ4v) is 8.65. The molecule has 6 aromatic rings. The van der Waals surface area contributed by atoms with Crippen LogP contribution in [0, 0.1) is 0 Å². The van der Waals surface area contributed by atoms with Gasteiger partial charge in [0.15, 0.2) is 0 Å². The number of hydrogen-bond acceptors (Lipinski definition) is 8. The minimum Gasteiger partial charge on any atom is -0.457 e. The van der Waals surface area contributed by atoms with Gasteiger partial charge in [-0.2, -0.15) is 0 Å². The zero-order valence-corrected chi connectivity index (χ0v) is 25.5. The lowest BCUT2D eigenvalue weighted by atomic mass is 10.1. The van der Waals surface area contributed by atoms with Crippen molar-refractivity contribution in [2.45, 2.75) is 0 Å². The molecule has 1 aliphatic heterocycles. The molecule has 0 aliphatic carbocycles. The van der Waals surface area contributed by atoms with E-state index in [0.29, 0.717) is 39.9 Å². The van der Waals surface area contributed by atoms with E-state index in [0.717, 1.165) is 0 Å². The first-order valence-electron chi connectivity index (χ1n) is 14.1. The van der Waals surface area contributed by atoms with Crippen LogP contribution in [0.25, 0.3) is 10.8 Å². The summed E-state index contributed by atoms with van der Waals surface area (Å²) < 4.78 is 66.9. The molecule has 7 rings (SSSR count). The maximum atomic E-state index is 15.2. The van der Waals surface area contributed by atoms with Crippen LogP contribution in [0.4, 0.5) is 0 Å². The largest absolute Gasteiger partial charge is 0.463 e. The van der Waals surface area contributed by atoms with Crippen molar-refractivity contribution in [3.63, 3.8) is 0 Å². The summed E-state index contributed by atoms with van der Waals surface area (Å²) in [7, 11) is -8.58. The molecule has 1 heterocycles. The Balaban J connectivity index is 1.50. The summed E-state index contributed by atoms with van der Waals surface area (Å²) in [5, 5.41) is 0.912. The molecule has 0 fully saturated rings. The molecule has 1 aliphatic rings. The molecule has 0 atom stereocenters. The molecule has 0 saturated heterocycles. The molecule has 0 spiro atoms. The normalized spacial score (nSPS) is 12.4. The van der Waals surface area contributed by atoms with Gasteiger partial charge in [0.05, 0.1) is 16.0 Å². The Morgan fingerprint density at radius 1 is 0.400 bits per heavy atom. The standard InChI is InChI=1S/C35H26O8P2/c36-44(40-26-13-5-1-6-14-26,41-27-15-7-2-8-16-27)32-23-21-30-34-31(39-25-38-30)22-24-33(35(32)34)45(37,42-28-17-9-3-10-18-28)43-29-19-11-4-12-20-29/h1-24H,25H2. The summed E-state index contributed by atoms with van der Waals surface area (Å²) in [5.74, 6) is 2.14. The zero-order chi connectivity index (χ0) is 30.7. The molecule has 0 aromatic heterocycles. The van der Waals surface area contributed by atoms with Crippen LogP contribution in [-0.2, 0) is 9.13 Å². The van der Waals surface area contributed by atoms with Crippen molar-refractivity contribution in [2.75, 3.05) is 6.79 Å². The van der Waals surface area contributed by atoms with E-state index in [-0.39, 0.29) is 22.8 Å². The van der Waals surface area contributed by atoms with E-state index in [1.807, 2.05) is 24.3 Å². The Labute approximate surface area is 259 Å². The Morgan fingerprint density at radius 3 is 1.02 bits per heavy atom. The molecule has 0 saturated carbocycles. The van der Waals surface area contributed by atoms with E-state index >= 15 is 9.13 Å². The lowest BCUT2D eigenvalue weighted by molar-refractivity contribution is 0.112. The Morgan fingerprint density at radius 2 is 0.711 bits per heavy atom. The molecular weight excluding hydrogens is 610 g/mol. The molecule has 224 valence electrons.